The van der Waals surface area contributed by atoms with Crippen molar-refractivity contribution in [3.8, 4) is 11.1 Å². The van der Waals surface area contributed by atoms with Gasteiger partial charge in [-0.15, -0.1) is 0 Å². The van der Waals surface area contributed by atoms with Crippen LogP contribution in [0, 0.1) is 0 Å². The van der Waals surface area contributed by atoms with Crippen LogP contribution in [0.25, 0.3) is 11.1 Å². The minimum atomic E-state index is -1.09. The predicted molar refractivity (Wildman–Crippen MR) is 88.7 cm³/mol. The molecule has 1 aromatic carbocycles. The van der Waals surface area contributed by atoms with Crippen LogP contribution in [0.4, 0.5) is 0 Å². The van der Waals surface area contributed by atoms with Gasteiger partial charge in [0.15, 0.2) is 0 Å². The van der Waals surface area contributed by atoms with E-state index in [1.165, 1.54) is 0 Å². The molecule has 0 saturated carbocycles. The van der Waals surface area contributed by atoms with Crippen molar-refractivity contribution in [2.45, 2.75) is 38.9 Å². The lowest BCUT2D eigenvalue weighted by atomic mass is 9.76. The van der Waals surface area contributed by atoms with Gasteiger partial charge in [0.1, 0.15) is 0 Å². The van der Waals surface area contributed by atoms with E-state index in [1.807, 2.05) is 36.4 Å². The molecule has 0 bridgehead atoms. The number of nitrogens with zero attached hydrogens (tertiary/aromatic N) is 1. The fourth-order valence-electron chi connectivity index (χ4n) is 1.87. The maximum atomic E-state index is 10.2. The molecule has 0 unspecified atom stereocenters. The summed E-state index contributed by atoms with van der Waals surface area (Å²) in [6.07, 6.45) is 3.52. The summed E-state index contributed by atoms with van der Waals surface area (Å²) in [4.78, 5) is 4.09. The van der Waals surface area contributed by atoms with E-state index in [1.54, 1.807) is 40.1 Å². The normalized spacial score (nSPS) is 12.3. The molecule has 2 aromatic rings. The Morgan fingerprint density at radius 1 is 1.00 bits per heavy atom. The van der Waals surface area contributed by atoms with E-state index in [2.05, 4.69) is 4.98 Å². The average Bonchev–Trinajstić information content (AvgIpc) is 2.47. The largest absolute Gasteiger partial charge is 0.491 e. The zero-order chi connectivity index (χ0) is 16.4. The van der Waals surface area contributed by atoms with E-state index in [4.69, 9.17) is 4.65 Å². The van der Waals surface area contributed by atoms with Gasteiger partial charge in [-0.3, -0.25) is 4.98 Å². The summed E-state index contributed by atoms with van der Waals surface area (Å²) in [5.41, 5.74) is 0.731. The molecule has 0 spiro atoms. The number of rotatable bonds is 5. The molecule has 0 aliphatic carbocycles. The monoisotopic (exact) mass is 299 g/mol. The maximum Gasteiger partial charge on any atom is 0.491 e. The van der Waals surface area contributed by atoms with Crippen LogP contribution in [0.3, 0.4) is 0 Å². The number of hydrogen-bond donors (Lipinski definition) is 2. The summed E-state index contributed by atoms with van der Waals surface area (Å²) in [6.45, 7) is 6.82. The molecule has 22 heavy (non-hydrogen) atoms. The SMILES string of the molecule is CC(C)(O)C(C)(C)OB(O)c1ccc(-c2cccnc2)cc1. The quantitative estimate of drug-likeness (QED) is 0.829. The third kappa shape index (κ3) is 3.74. The second kappa shape index (κ2) is 6.20. The van der Waals surface area contributed by atoms with Gasteiger partial charge in [0.25, 0.3) is 0 Å². The maximum absolute atomic E-state index is 10.2. The molecular weight excluding hydrogens is 277 g/mol. The summed E-state index contributed by atoms with van der Waals surface area (Å²) >= 11 is 0. The number of benzene rings is 1. The summed E-state index contributed by atoms with van der Waals surface area (Å²) in [6, 6.07) is 11.3. The van der Waals surface area contributed by atoms with Crippen LogP contribution in [0.5, 0.6) is 0 Å². The number of aliphatic hydroxyl groups is 1. The Labute approximate surface area is 131 Å². The smallest absolute Gasteiger partial charge is 0.423 e. The van der Waals surface area contributed by atoms with Crippen LogP contribution in [0.15, 0.2) is 48.8 Å². The average molecular weight is 299 g/mol. The molecule has 5 heteroatoms. The Balaban J connectivity index is 2.14. The molecule has 1 heterocycles. The van der Waals surface area contributed by atoms with Crippen molar-refractivity contribution in [1.82, 2.24) is 4.98 Å². The second-order valence-corrected chi connectivity index (χ2v) is 6.40. The molecule has 1 aromatic heterocycles. The van der Waals surface area contributed by atoms with Gasteiger partial charge in [0.05, 0.1) is 11.2 Å². The molecule has 0 fully saturated rings. The lowest BCUT2D eigenvalue weighted by Crippen LogP contribution is -2.53. The number of hydrogen-bond acceptors (Lipinski definition) is 4. The van der Waals surface area contributed by atoms with Crippen molar-refractivity contribution in [2.75, 3.05) is 0 Å². The third-order valence-electron chi connectivity index (χ3n) is 4.07. The molecule has 0 aliphatic heterocycles. The molecule has 0 amide bonds. The second-order valence-electron chi connectivity index (χ2n) is 6.40. The standard InChI is InChI=1S/C17H22BNO3/c1-16(2,20)17(3,4)22-18(21)15-9-7-13(8-10-15)14-6-5-11-19-12-14/h5-12,20-21H,1-4H3. The first kappa shape index (κ1) is 16.7. The Morgan fingerprint density at radius 3 is 2.14 bits per heavy atom. The first-order chi connectivity index (χ1) is 10.2. The minimum absolute atomic E-state index is 0.643. The first-order valence-corrected chi connectivity index (χ1v) is 7.29. The van der Waals surface area contributed by atoms with Gasteiger partial charge in [-0.2, -0.15) is 0 Å². The van der Waals surface area contributed by atoms with Gasteiger partial charge in [-0.25, -0.2) is 0 Å². The number of aromatic nitrogens is 1. The molecule has 0 saturated heterocycles. The summed E-state index contributed by atoms with van der Waals surface area (Å²) < 4.78 is 5.63. The van der Waals surface area contributed by atoms with E-state index in [9.17, 15) is 10.1 Å². The van der Waals surface area contributed by atoms with Gasteiger partial charge >= 0.3 is 7.12 Å². The van der Waals surface area contributed by atoms with E-state index in [-0.39, 0.29) is 0 Å². The lowest BCUT2D eigenvalue weighted by Gasteiger charge is -2.38. The summed E-state index contributed by atoms with van der Waals surface area (Å²) in [5.74, 6) is 0. The Kier molecular flexibility index (Phi) is 4.70. The van der Waals surface area contributed by atoms with Crippen molar-refractivity contribution in [3.63, 3.8) is 0 Å². The predicted octanol–water partition coefficient (Wildman–Crippen LogP) is 2.00. The highest BCUT2D eigenvalue weighted by molar-refractivity contribution is 6.60. The van der Waals surface area contributed by atoms with Crippen molar-refractivity contribution < 1.29 is 14.8 Å². The van der Waals surface area contributed by atoms with E-state index < -0.39 is 18.3 Å². The molecule has 4 nitrogen and oxygen atoms in total. The fraction of sp³-hybridized carbons (Fsp3) is 0.353. The van der Waals surface area contributed by atoms with Crippen LogP contribution in [-0.4, -0.2) is 33.4 Å². The first-order valence-electron chi connectivity index (χ1n) is 7.29. The van der Waals surface area contributed by atoms with E-state index >= 15 is 0 Å². The van der Waals surface area contributed by atoms with Gasteiger partial charge in [-0.05, 0) is 50.4 Å². The molecule has 0 radical (unpaired) electrons. The highest BCUT2D eigenvalue weighted by Gasteiger charge is 2.39. The molecule has 0 aliphatic rings. The Bertz CT molecular complexity index is 606. The highest BCUT2D eigenvalue weighted by Crippen LogP contribution is 2.25. The summed E-state index contributed by atoms with van der Waals surface area (Å²) in [7, 11) is -1.09. The number of pyridine rings is 1. The minimum Gasteiger partial charge on any atom is -0.423 e. The third-order valence-corrected chi connectivity index (χ3v) is 4.07. The molecule has 0 atom stereocenters. The Hall–Kier alpha value is -1.69. The summed E-state index contributed by atoms with van der Waals surface area (Å²) in [5, 5.41) is 20.3. The Morgan fingerprint density at radius 2 is 1.64 bits per heavy atom. The topological polar surface area (TPSA) is 62.6 Å². The lowest BCUT2D eigenvalue weighted by molar-refractivity contribution is -0.0982. The van der Waals surface area contributed by atoms with Gasteiger partial charge < -0.3 is 14.8 Å². The highest BCUT2D eigenvalue weighted by atomic mass is 16.5. The van der Waals surface area contributed by atoms with Gasteiger partial charge in [-0.1, -0.05) is 30.3 Å². The van der Waals surface area contributed by atoms with Crippen LogP contribution in [-0.2, 0) is 4.65 Å². The van der Waals surface area contributed by atoms with Gasteiger partial charge in [0, 0.05) is 12.4 Å². The van der Waals surface area contributed by atoms with E-state index in [0.717, 1.165) is 11.1 Å². The zero-order valence-corrected chi connectivity index (χ0v) is 13.4. The van der Waals surface area contributed by atoms with Crippen molar-refractivity contribution in [2.24, 2.45) is 0 Å². The van der Waals surface area contributed by atoms with Crippen molar-refractivity contribution in [1.29, 1.82) is 0 Å². The fourth-order valence-corrected chi connectivity index (χ4v) is 1.87. The zero-order valence-electron chi connectivity index (χ0n) is 13.4. The van der Waals surface area contributed by atoms with Crippen LogP contribution in [0.1, 0.15) is 27.7 Å². The van der Waals surface area contributed by atoms with Crippen molar-refractivity contribution >= 4 is 12.6 Å². The molecule has 2 N–H and O–H groups in total. The van der Waals surface area contributed by atoms with Crippen molar-refractivity contribution in [3.05, 3.63) is 48.8 Å². The van der Waals surface area contributed by atoms with Crippen LogP contribution in [0.2, 0.25) is 0 Å². The van der Waals surface area contributed by atoms with Crippen LogP contribution < -0.4 is 5.46 Å². The molecular formula is C17H22BNO3. The van der Waals surface area contributed by atoms with E-state index in [0.29, 0.717) is 5.46 Å². The molecule has 2 rings (SSSR count). The van der Waals surface area contributed by atoms with Crippen LogP contribution >= 0.6 is 0 Å². The molecule has 116 valence electrons. The van der Waals surface area contributed by atoms with Gasteiger partial charge in [0.2, 0.25) is 0 Å².